The van der Waals surface area contributed by atoms with Crippen molar-refractivity contribution in [2.75, 3.05) is 49.1 Å². The first-order valence-electron chi connectivity index (χ1n) is 7.06. The van der Waals surface area contributed by atoms with E-state index in [2.05, 4.69) is 36.1 Å². The third kappa shape index (κ3) is 3.67. The SMILES string of the molecule is O=C(C1CSCCN1)N1CCN(c2ncc(Br)cn2)CC1. The largest absolute Gasteiger partial charge is 0.338 e. The van der Waals surface area contributed by atoms with E-state index in [1.165, 1.54) is 0 Å². The Morgan fingerprint density at radius 3 is 2.62 bits per heavy atom. The number of anilines is 1. The standard InChI is InChI=1S/C13H18BrN5OS/c14-10-7-16-13(17-8-10)19-4-2-18(3-5-19)12(20)11-9-21-6-1-15-11/h7-8,11,15H,1-6,9H2. The van der Waals surface area contributed by atoms with Crippen molar-refractivity contribution >= 4 is 39.5 Å². The maximum atomic E-state index is 12.4. The van der Waals surface area contributed by atoms with E-state index in [4.69, 9.17) is 0 Å². The van der Waals surface area contributed by atoms with Gasteiger partial charge in [-0.25, -0.2) is 9.97 Å². The number of hydrogen-bond acceptors (Lipinski definition) is 6. The summed E-state index contributed by atoms with van der Waals surface area (Å²) in [7, 11) is 0. The van der Waals surface area contributed by atoms with Crippen molar-refractivity contribution in [3.8, 4) is 0 Å². The molecule has 3 rings (SSSR count). The molecule has 2 aliphatic heterocycles. The highest BCUT2D eigenvalue weighted by atomic mass is 79.9. The van der Waals surface area contributed by atoms with Crippen molar-refractivity contribution < 1.29 is 4.79 Å². The number of thioether (sulfide) groups is 1. The third-order valence-electron chi connectivity index (χ3n) is 3.70. The number of hydrogen-bond donors (Lipinski definition) is 1. The monoisotopic (exact) mass is 371 g/mol. The van der Waals surface area contributed by atoms with Crippen LogP contribution in [0.2, 0.25) is 0 Å². The highest BCUT2D eigenvalue weighted by Gasteiger charge is 2.29. The fourth-order valence-electron chi connectivity index (χ4n) is 2.54. The lowest BCUT2D eigenvalue weighted by Crippen LogP contribution is -2.56. The summed E-state index contributed by atoms with van der Waals surface area (Å²) in [6.45, 7) is 3.97. The molecular weight excluding hydrogens is 354 g/mol. The van der Waals surface area contributed by atoms with E-state index in [1.54, 1.807) is 12.4 Å². The van der Waals surface area contributed by atoms with Crippen LogP contribution in [0.1, 0.15) is 0 Å². The van der Waals surface area contributed by atoms with Gasteiger partial charge in [0.15, 0.2) is 0 Å². The zero-order valence-corrected chi connectivity index (χ0v) is 14.1. The summed E-state index contributed by atoms with van der Waals surface area (Å²) in [6, 6.07) is -0.0146. The van der Waals surface area contributed by atoms with E-state index in [-0.39, 0.29) is 11.9 Å². The summed E-state index contributed by atoms with van der Waals surface area (Å²) in [5.41, 5.74) is 0. The Morgan fingerprint density at radius 1 is 1.29 bits per heavy atom. The lowest BCUT2D eigenvalue weighted by atomic mass is 10.2. The summed E-state index contributed by atoms with van der Waals surface area (Å²) in [5, 5.41) is 3.31. The topological polar surface area (TPSA) is 61.4 Å². The van der Waals surface area contributed by atoms with Gasteiger partial charge in [-0.05, 0) is 15.9 Å². The highest BCUT2D eigenvalue weighted by Crippen LogP contribution is 2.15. The number of amides is 1. The number of nitrogens with one attached hydrogen (secondary N) is 1. The molecule has 0 aromatic carbocycles. The summed E-state index contributed by atoms with van der Waals surface area (Å²) in [4.78, 5) is 25.1. The average Bonchev–Trinajstić information content (AvgIpc) is 2.56. The first-order chi connectivity index (χ1) is 10.2. The summed E-state index contributed by atoms with van der Waals surface area (Å²) >= 11 is 5.19. The second-order valence-electron chi connectivity index (χ2n) is 5.10. The second-order valence-corrected chi connectivity index (χ2v) is 7.16. The normalized spacial score (nSPS) is 23.2. The predicted octanol–water partition coefficient (Wildman–Crippen LogP) is 0.593. The Kier molecular flexibility index (Phi) is 4.97. The predicted molar refractivity (Wildman–Crippen MR) is 87.6 cm³/mol. The lowest BCUT2D eigenvalue weighted by molar-refractivity contribution is -0.133. The van der Waals surface area contributed by atoms with E-state index in [1.807, 2.05) is 16.7 Å². The number of carbonyl (C=O) groups is 1. The van der Waals surface area contributed by atoms with Crippen LogP contribution in [0.15, 0.2) is 16.9 Å². The Balaban J connectivity index is 1.54. The number of halogens is 1. The molecule has 1 aromatic rings. The van der Waals surface area contributed by atoms with E-state index in [9.17, 15) is 4.79 Å². The van der Waals surface area contributed by atoms with Crippen LogP contribution in [0.3, 0.4) is 0 Å². The molecule has 1 amide bonds. The zero-order chi connectivity index (χ0) is 14.7. The molecule has 21 heavy (non-hydrogen) atoms. The van der Waals surface area contributed by atoms with Gasteiger partial charge in [0.1, 0.15) is 0 Å². The van der Waals surface area contributed by atoms with Gasteiger partial charge in [0, 0.05) is 56.6 Å². The molecule has 6 nitrogen and oxygen atoms in total. The van der Waals surface area contributed by atoms with Crippen LogP contribution in [0.5, 0.6) is 0 Å². The first kappa shape index (κ1) is 15.1. The third-order valence-corrected chi connectivity index (χ3v) is 5.17. The molecule has 2 fully saturated rings. The molecular formula is C13H18BrN5OS. The van der Waals surface area contributed by atoms with Crippen LogP contribution in [-0.4, -0.2) is 71.0 Å². The molecule has 8 heteroatoms. The van der Waals surface area contributed by atoms with Gasteiger partial charge in [0.05, 0.1) is 10.5 Å². The van der Waals surface area contributed by atoms with Gasteiger partial charge in [0.2, 0.25) is 11.9 Å². The van der Waals surface area contributed by atoms with Crippen molar-refractivity contribution in [2.24, 2.45) is 0 Å². The maximum absolute atomic E-state index is 12.4. The Morgan fingerprint density at radius 2 is 2.00 bits per heavy atom. The molecule has 2 saturated heterocycles. The van der Waals surface area contributed by atoms with Gasteiger partial charge in [-0.2, -0.15) is 11.8 Å². The van der Waals surface area contributed by atoms with Crippen LogP contribution in [0.25, 0.3) is 0 Å². The van der Waals surface area contributed by atoms with Crippen molar-refractivity contribution in [2.45, 2.75) is 6.04 Å². The van der Waals surface area contributed by atoms with Crippen molar-refractivity contribution in [1.29, 1.82) is 0 Å². The van der Waals surface area contributed by atoms with Crippen molar-refractivity contribution in [3.63, 3.8) is 0 Å². The minimum atomic E-state index is -0.0146. The van der Waals surface area contributed by atoms with E-state index >= 15 is 0 Å². The van der Waals surface area contributed by atoms with Gasteiger partial charge in [0.25, 0.3) is 0 Å². The number of rotatable bonds is 2. The van der Waals surface area contributed by atoms with Gasteiger partial charge in [-0.3, -0.25) is 4.79 Å². The van der Waals surface area contributed by atoms with Crippen LogP contribution in [0.4, 0.5) is 5.95 Å². The summed E-state index contributed by atoms with van der Waals surface area (Å²) in [6.07, 6.45) is 3.51. The minimum Gasteiger partial charge on any atom is -0.338 e. The second kappa shape index (κ2) is 6.93. The molecule has 0 aliphatic carbocycles. The van der Waals surface area contributed by atoms with Crippen molar-refractivity contribution in [3.05, 3.63) is 16.9 Å². The number of carbonyl (C=O) groups excluding carboxylic acids is 1. The van der Waals surface area contributed by atoms with Crippen LogP contribution in [-0.2, 0) is 4.79 Å². The number of nitrogens with zero attached hydrogens (tertiary/aromatic N) is 4. The molecule has 114 valence electrons. The van der Waals surface area contributed by atoms with Gasteiger partial charge < -0.3 is 15.1 Å². The van der Waals surface area contributed by atoms with E-state index < -0.39 is 0 Å². The maximum Gasteiger partial charge on any atom is 0.240 e. The molecule has 0 spiro atoms. The van der Waals surface area contributed by atoms with Gasteiger partial charge in [-0.15, -0.1) is 0 Å². The number of aromatic nitrogens is 2. The van der Waals surface area contributed by atoms with Crippen LogP contribution < -0.4 is 10.2 Å². The number of piperazine rings is 1. The first-order valence-corrected chi connectivity index (χ1v) is 9.01. The summed E-state index contributed by atoms with van der Waals surface area (Å²) in [5.74, 6) is 2.95. The average molecular weight is 372 g/mol. The van der Waals surface area contributed by atoms with Crippen molar-refractivity contribution in [1.82, 2.24) is 20.2 Å². The van der Waals surface area contributed by atoms with Gasteiger partial charge >= 0.3 is 0 Å². The molecule has 2 aliphatic rings. The van der Waals surface area contributed by atoms with E-state index in [0.717, 1.165) is 54.7 Å². The quantitative estimate of drug-likeness (QED) is 0.820. The highest BCUT2D eigenvalue weighted by molar-refractivity contribution is 9.10. The molecule has 1 aromatic heterocycles. The molecule has 1 atom stereocenters. The Hall–Kier alpha value is -0.860. The molecule has 3 heterocycles. The molecule has 0 bridgehead atoms. The Bertz CT molecular complexity index is 486. The molecule has 0 saturated carbocycles. The fourth-order valence-corrected chi connectivity index (χ4v) is 3.67. The zero-order valence-electron chi connectivity index (χ0n) is 11.7. The molecule has 1 unspecified atom stereocenters. The smallest absolute Gasteiger partial charge is 0.240 e. The minimum absolute atomic E-state index is 0.0146. The van der Waals surface area contributed by atoms with E-state index in [0.29, 0.717) is 0 Å². The molecule has 0 radical (unpaired) electrons. The summed E-state index contributed by atoms with van der Waals surface area (Å²) < 4.78 is 0.876. The fraction of sp³-hybridized carbons (Fsp3) is 0.615. The molecule has 1 N–H and O–H groups in total. The van der Waals surface area contributed by atoms with Crippen LogP contribution in [0, 0.1) is 0 Å². The lowest BCUT2D eigenvalue weighted by Gasteiger charge is -2.37. The van der Waals surface area contributed by atoms with Gasteiger partial charge in [-0.1, -0.05) is 0 Å². The Labute approximate surface area is 136 Å². The van der Waals surface area contributed by atoms with Crippen LogP contribution >= 0.6 is 27.7 Å².